The van der Waals surface area contributed by atoms with Gasteiger partial charge in [-0.2, -0.15) is 0 Å². The van der Waals surface area contributed by atoms with Gasteiger partial charge in [-0.1, -0.05) is 12.1 Å². The highest BCUT2D eigenvalue weighted by Gasteiger charge is 2.10. The Balaban J connectivity index is 1.96. The van der Waals surface area contributed by atoms with Gasteiger partial charge in [-0.05, 0) is 17.7 Å². The van der Waals surface area contributed by atoms with E-state index in [1.54, 1.807) is 24.3 Å². The van der Waals surface area contributed by atoms with Gasteiger partial charge in [0.15, 0.2) is 0 Å². The predicted molar refractivity (Wildman–Crippen MR) is 67.6 cm³/mol. The number of phenolic OH excluding ortho intramolecular Hbond substituents is 1. The molecule has 0 amide bonds. The minimum atomic E-state index is -1.04. The molecule has 6 nitrogen and oxygen atoms in total. The highest BCUT2D eigenvalue weighted by molar-refractivity contribution is 5.88. The normalized spacial score (nSPS) is 10.3. The Kier molecular flexibility index (Phi) is 4.04. The zero-order valence-electron chi connectivity index (χ0n) is 10.1. The third kappa shape index (κ3) is 3.49. The Morgan fingerprint density at radius 3 is 2.63 bits per heavy atom. The Labute approximate surface area is 109 Å². The van der Waals surface area contributed by atoms with Gasteiger partial charge in [0, 0.05) is 19.3 Å². The summed E-state index contributed by atoms with van der Waals surface area (Å²) >= 11 is 0. The van der Waals surface area contributed by atoms with Crippen molar-refractivity contribution in [1.82, 2.24) is 15.3 Å². The zero-order chi connectivity index (χ0) is 13.7. The molecule has 0 spiro atoms. The maximum atomic E-state index is 11.0. The van der Waals surface area contributed by atoms with Crippen molar-refractivity contribution in [3.05, 3.63) is 53.6 Å². The zero-order valence-corrected chi connectivity index (χ0v) is 10.1. The molecule has 0 saturated heterocycles. The van der Waals surface area contributed by atoms with E-state index in [9.17, 15) is 4.79 Å². The first-order chi connectivity index (χ1) is 9.16. The van der Waals surface area contributed by atoms with E-state index >= 15 is 0 Å². The fourth-order valence-corrected chi connectivity index (χ4v) is 1.61. The van der Waals surface area contributed by atoms with E-state index in [-0.39, 0.29) is 11.3 Å². The van der Waals surface area contributed by atoms with Crippen molar-refractivity contribution >= 4 is 5.97 Å². The van der Waals surface area contributed by atoms with Crippen molar-refractivity contribution in [3.63, 3.8) is 0 Å². The Morgan fingerprint density at radius 2 is 1.95 bits per heavy atom. The van der Waals surface area contributed by atoms with Crippen molar-refractivity contribution in [2.45, 2.75) is 13.1 Å². The summed E-state index contributed by atoms with van der Waals surface area (Å²) < 4.78 is 0. The molecule has 0 unspecified atom stereocenters. The number of hydrogen-bond acceptors (Lipinski definition) is 5. The molecule has 0 saturated carbocycles. The molecule has 0 fully saturated rings. The van der Waals surface area contributed by atoms with Crippen LogP contribution < -0.4 is 5.32 Å². The van der Waals surface area contributed by atoms with E-state index in [1.807, 2.05) is 0 Å². The van der Waals surface area contributed by atoms with Crippen LogP contribution in [0.2, 0.25) is 0 Å². The first-order valence-corrected chi connectivity index (χ1v) is 5.67. The van der Waals surface area contributed by atoms with Gasteiger partial charge in [0.25, 0.3) is 0 Å². The van der Waals surface area contributed by atoms with Crippen LogP contribution >= 0.6 is 0 Å². The van der Waals surface area contributed by atoms with Gasteiger partial charge in [0.2, 0.25) is 0 Å². The monoisotopic (exact) mass is 259 g/mol. The highest BCUT2D eigenvalue weighted by atomic mass is 16.4. The summed E-state index contributed by atoms with van der Waals surface area (Å²) in [6.45, 7) is 0.897. The number of nitrogens with one attached hydrogen (secondary N) is 1. The molecule has 1 heterocycles. The summed E-state index contributed by atoms with van der Waals surface area (Å²) in [6.07, 6.45) is 2.61. The molecule has 1 aromatic heterocycles. The molecule has 1 aromatic carbocycles. The molecule has 0 radical (unpaired) electrons. The first kappa shape index (κ1) is 13.0. The minimum Gasteiger partial charge on any atom is -0.508 e. The number of benzene rings is 1. The fourth-order valence-electron chi connectivity index (χ4n) is 1.61. The van der Waals surface area contributed by atoms with Crippen LogP contribution in [0.25, 0.3) is 0 Å². The van der Waals surface area contributed by atoms with Gasteiger partial charge in [-0.25, -0.2) is 14.8 Å². The summed E-state index contributed by atoms with van der Waals surface area (Å²) in [4.78, 5) is 18.6. The highest BCUT2D eigenvalue weighted by Crippen LogP contribution is 2.09. The van der Waals surface area contributed by atoms with Crippen LogP contribution in [0, 0.1) is 0 Å². The number of aromatic carboxylic acids is 1. The second-order valence-corrected chi connectivity index (χ2v) is 3.96. The van der Waals surface area contributed by atoms with Crippen LogP contribution in [-0.4, -0.2) is 26.2 Å². The van der Waals surface area contributed by atoms with Crippen LogP contribution in [0.4, 0.5) is 0 Å². The summed E-state index contributed by atoms with van der Waals surface area (Å²) in [5, 5.41) is 21.2. The largest absolute Gasteiger partial charge is 0.508 e. The lowest BCUT2D eigenvalue weighted by Gasteiger charge is -2.06. The second-order valence-electron chi connectivity index (χ2n) is 3.96. The van der Waals surface area contributed by atoms with Gasteiger partial charge >= 0.3 is 5.97 Å². The summed E-state index contributed by atoms with van der Waals surface area (Å²) in [6, 6.07) is 6.79. The van der Waals surface area contributed by atoms with Crippen molar-refractivity contribution in [2.24, 2.45) is 0 Å². The lowest BCUT2D eigenvalue weighted by Crippen LogP contribution is -2.17. The van der Waals surface area contributed by atoms with Gasteiger partial charge in [0.1, 0.15) is 17.6 Å². The second kappa shape index (κ2) is 5.92. The van der Waals surface area contributed by atoms with Gasteiger partial charge in [-0.3, -0.25) is 0 Å². The number of aromatic hydroxyl groups is 1. The molecule has 98 valence electrons. The van der Waals surface area contributed by atoms with E-state index in [4.69, 9.17) is 10.2 Å². The number of nitrogens with zero attached hydrogens (tertiary/aromatic N) is 2. The minimum absolute atomic E-state index is 0.0979. The molecule has 0 atom stereocenters. The Hall–Kier alpha value is -2.47. The lowest BCUT2D eigenvalue weighted by atomic mass is 10.2. The lowest BCUT2D eigenvalue weighted by molar-refractivity contribution is 0.0694. The number of hydrogen-bond donors (Lipinski definition) is 3. The molecule has 0 aliphatic carbocycles. The summed E-state index contributed by atoms with van der Waals surface area (Å²) in [7, 11) is 0. The van der Waals surface area contributed by atoms with Gasteiger partial charge in [-0.15, -0.1) is 0 Å². The third-order valence-corrected chi connectivity index (χ3v) is 2.58. The number of carboxylic acids is 1. The maximum Gasteiger partial charge on any atom is 0.339 e. The van der Waals surface area contributed by atoms with E-state index in [1.165, 1.54) is 12.5 Å². The van der Waals surface area contributed by atoms with Crippen molar-refractivity contribution in [3.8, 4) is 5.75 Å². The van der Waals surface area contributed by atoms with Crippen molar-refractivity contribution in [2.75, 3.05) is 0 Å². The molecule has 0 aliphatic heterocycles. The van der Waals surface area contributed by atoms with E-state index in [2.05, 4.69) is 15.3 Å². The average Bonchev–Trinajstić information content (AvgIpc) is 2.41. The number of carbonyl (C=O) groups is 1. The number of rotatable bonds is 5. The van der Waals surface area contributed by atoms with Crippen molar-refractivity contribution < 1.29 is 15.0 Å². The molecule has 19 heavy (non-hydrogen) atoms. The molecule has 6 heteroatoms. The van der Waals surface area contributed by atoms with E-state index < -0.39 is 5.97 Å². The molecular weight excluding hydrogens is 246 g/mol. The Bertz CT molecular complexity index is 570. The third-order valence-electron chi connectivity index (χ3n) is 2.58. The number of carboxylic acid groups (broad SMARTS) is 1. The first-order valence-electron chi connectivity index (χ1n) is 5.67. The standard InChI is InChI=1S/C13H13N3O3/c17-10-3-1-9(2-4-10)5-14-7-12-11(13(18)19)6-15-8-16-12/h1-4,6,8,14,17H,5,7H2,(H,18,19). The molecule has 2 aromatic rings. The van der Waals surface area contributed by atoms with Crippen LogP contribution in [0.15, 0.2) is 36.8 Å². The van der Waals surface area contributed by atoms with Gasteiger partial charge in [0.05, 0.1) is 5.69 Å². The van der Waals surface area contributed by atoms with E-state index in [0.29, 0.717) is 18.8 Å². The van der Waals surface area contributed by atoms with E-state index in [0.717, 1.165) is 5.56 Å². The van der Waals surface area contributed by atoms with Crippen LogP contribution in [0.5, 0.6) is 5.75 Å². The smallest absolute Gasteiger partial charge is 0.339 e. The quantitative estimate of drug-likeness (QED) is 0.746. The molecule has 3 N–H and O–H groups in total. The average molecular weight is 259 g/mol. The Morgan fingerprint density at radius 1 is 1.21 bits per heavy atom. The van der Waals surface area contributed by atoms with Gasteiger partial charge < -0.3 is 15.5 Å². The number of phenols is 1. The maximum absolute atomic E-state index is 11.0. The fraction of sp³-hybridized carbons (Fsp3) is 0.154. The van der Waals surface area contributed by atoms with Crippen LogP contribution in [0.1, 0.15) is 21.6 Å². The topological polar surface area (TPSA) is 95.3 Å². The molecule has 2 rings (SSSR count). The summed E-state index contributed by atoms with van der Waals surface area (Å²) in [5.74, 6) is -0.824. The van der Waals surface area contributed by atoms with Crippen LogP contribution in [0.3, 0.4) is 0 Å². The summed E-state index contributed by atoms with van der Waals surface area (Å²) in [5.41, 5.74) is 1.53. The number of aromatic nitrogens is 2. The predicted octanol–water partition coefficient (Wildman–Crippen LogP) is 1.17. The molecule has 0 bridgehead atoms. The SMILES string of the molecule is O=C(O)c1cncnc1CNCc1ccc(O)cc1. The van der Waals surface area contributed by atoms with Crippen LogP contribution in [-0.2, 0) is 13.1 Å². The van der Waals surface area contributed by atoms with Crippen molar-refractivity contribution in [1.29, 1.82) is 0 Å². The molecule has 0 aliphatic rings. The molecular formula is C13H13N3O3.